The molecule has 0 spiro atoms. The van der Waals surface area contributed by atoms with E-state index < -0.39 is 10.0 Å². The highest BCUT2D eigenvalue weighted by atomic mass is 32.2. The molecule has 0 radical (unpaired) electrons. The molecule has 0 saturated carbocycles. The fourth-order valence-corrected chi connectivity index (χ4v) is 3.35. The Hall–Kier alpha value is -2.04. The average Bonchev–Trinajstić information content (AvgIpc) is 2.94. The number of hydrogen-bond acceptors (Lipinski definition) is 7. The first kappa shape index (κ1) is 16.8. The van der Waals surface area contributed by atoms with Gasteiger partial charge in [-0.15, -0.1) is 0 Å². The summed E-state index contributed by atoms with van der Waals surface area (Å²) in [5, 5.41) is -0.00756. The molecule has 1 N–H and O–H groups in total. The lowest BCUT2D eigenvalue weighted by Crippen LogP contribution is -2.37. The molecule has 1 saturated heterocycles. The third kappa shape index (κ3) is 3.71. The number of aryl methyl sites for hydroxylation is 2. The molecule has 130 valence electrons. The third-order valence-corrected chi connectivity index (χ3v) is 5.08. The summed E-state index contributed by atoms with van der Waals surface area (Å²) in [5.41, 5.74) is 0. The van der Waals surface area contributed by atoms with Gasteiger partial charge in [0.25, 0.3) is 10.0 Å². The van der Waals surface area contributed by atoms with Crippen molar-refractivity contribution in [2.75, 3.05) is 31.2 Å². The summed E-state index contributed by atoms with van der Waals surface area (Å²) in [5.74, 6) is 1.81. The Labute approximate surface area is 140 Å². The van der Waals surface area contributed by atoms with Crippen LogP contribution in [0.4, 0.5) is 5.82 Å². The van der Waals surface area contributed by atoms with E-state index in [2.05, 4.69) is 24.6 Å². The Balaban J connectivity index is 1.70. The van der Waals surface area contributed by atoms with Crippen LogP contribution in [0, 0.1) is 6.92 Å². The first-order chi connectivity index (χ1) is 11.5. The molecule has 0 atom stereocenters. The molecule has 0 amide bonds. The molecule has 1 aliphatic rings. The molecule has 0 unspecified atom stereocenters. The molecular formula is C14H20N6O3S. The zero-order valence-electron chi connectivity index (χ0n) is 13.6. The van der Waals surface area contributed by atoms with Crippen LogP contribution in [0.1, 0.15) is 11.6 Å². The summed E-state index contributed by atoms with van der Waals surface area (Å²) >= 11 is 0. The molecule has 0 aromatic carbocycles. The summed E-state index contributed by atoms with van der Waals surface area (Å²) in [6.07, 6.45) is 3.11. The standard InChI is InChI=1S/C14H20N6O3S/c1-11-17-14(10-19(11)2)24(21,22)16-9-12-15-4-3-13(18-12)20-5-7-23-8-6-20/h3-4,10,16H,5-9H2,1-2H3. The average molecular weight is 352 g/mol. The number of anilines is 1. The number of imidazole rings is 1. The maximum Gasteiger partial charge on any atom is 0.259 e. The lowest BCUT2D eigenvalue weighted by molar-refractivity contribution is 0.122. The second-order valence-corrected chi connectivity index (χ2v) is 7.21. The summed E-state index contributed by atoms with van der Waals surface area (Å²) in [7, 11) is -1.95. The Bertz CT molecular complexity index is 794. The van der Waals surface area contributed by atoms with E-state index in [9.17, 15) is 8.42 Å². The number of sulfonamides is 1. The molecule has 3 rings (SSSR count). The van der Waals surface area contributed by atoms with Gasteiger partial charge < -0.3 is 14.2 Å². The first-order valence-corrected chi connectivity index (χ1v) is 9.08. The van der Waals surface area contributed by atoms with Crippen LogP contribution in [0.15, 0.2) is 23.5 Å². The van der Waals surface area contributed by atoms with Crippen LogP contribution in [0.25, 0.3) is 0 Å². The van der Waals surface area contributed by atoms with Gasteiger partial charge in [-0.05, 0) is 13.0 Å². The lowest BCUT2D eigenvalue weighted by atomic mass is 10.4. The third-order valence-electron chi connectivity index (χ3n) is 3.81. The van der Waals surface area contributed by atoms with Crippen LogP contribution in [0.5, 0.6) is 0 Å². The van der Waals surface area contributed by atoms with Crippen molar-refractivity contribution in [2.24, 2.45) is 7.05 Å². The van der Waals surface area contributed by atoms with Gasteiger partial charge in [0.2, 0.25) is 0 Å². The highest BCUT2D eigenvalue weighted by Crippen LogP contribution is 2.12. The van der Waals surface area contributed by atoms with Crippen molar-refractivity contribution >= 4 is 15.8 Å². The van der Waals surface area contributed by atoms with E-state index in [4.69, 9.17) is 4.74 Å². The van der Waals surface area contributed by atoms with Crippen molar-refractivity contribution in [1.29, 1.82) is 0 Å². The van der Waals surface area contributed by atoms with Crippen LogP contribution >= 0.6 is 0 Å². The predicted molar refractivity (Wildman–Crippen MR) is 87.0 cm³/mol. The fourth-order valence-electron chi connectivity index (χ4n) is 2.33. The van der Waals surface area contributed by atoms with Gasteiger partial charge in [-0.1, -0.05) is 0 Å². The van der Waals surface area contributed by atoms with E-state index in [1.807, 2.05) is 6.07 Å². The van der Waals surface area contributed by atoms with Crippen LogP contribution in [-0.4, -0.2) is 54.2 Å². The minimum absolute atomic E-state index is 0.00756. The van der Waals surface area contributed by atoms with Crippen molar-refractivity contribution in [3.63, 3.8) is 0 Å². The van der Waals surface area contributed by atoms with Gasteiger partial charge in [-0.2, -0.15) is 0 Å². The fraction of sp³-hybridized carbons (Fsp3) is 0.500. The zero-order chi connectivity index (χ0) is 17.2. The minimum atomic E-state index is -3.69. The van der Waals surface area contributed by atoms with E-state index in [1.54, 1.807) is 24.7 Å². The van der Waals surface area contributed by atoms with E-state index in [0.717, 1.165) is 18.9 Å². The van der Waals surface area contributed by atoms with Gasteiger partial charge in [0.15, 0.2) is 5.03 Å². The molecule has 1 aliphatic heterocycles. The van der Waals surface area contributed by atoms with Crippen molar-refractivity contribution < 1.29 is 13.2 Å². The Morgan fingerprint density at radius 1 is 1.29 bits per heavy atom. The van der Waals surface area contributed by atoms with E-state index in [1.165, 1.54) is 6.20 Å². The summed E-state index contributed by atoms with van der Waals surface area (Å²) in [4.78, 5) is 14.7. The molecular weight excluding hydrogens is 332 g/mol. The monoisotopic (exact) mass is 352 g/mol. The van der Waals surface area contributed by atoms with Crippen LogP contribution in [0.3, 0.4) is 0 Å². The molecule has 3 heterocycles. The molecule has 2 aromatic heterocycles. The van der Waals surface area contributed by atoms with E-state index in [0.29, 0.717) is 24.9 Å². The Morgan fingerprint density at radius 2 is 2.04 bits per heavy atom. The minimum Gasteiger partial charge on any atom is -0.378 e. The number of nitrogens with zero attached hydrogens (tertiary/aromatic N) is 5. The highest BCUT2D eigenvalue weighted by molar-refractivity contribution is 7.89. The highest BCUT2D eigenvalue weighted by Gasteiger charge is 2.19. The smallest absolute Gasteiger partial charge is 0.259 e. The van der Waals surface area contributed by atoms with E-state index >= 15 is 0 Å². The predicted octanol–water partition coefficient (Wildman–Crippen LogP) is -0.166. The zero-order valence-corrected chi connectivity index (χ0v) is 14.5. The van der Waals surface area contributed by atoms with Crippen LogP contribution in [0.2, 0.25) is 0 Å². The molecule has 0 aliphatic carbocycles. The quantitative estimate of drug-likeness (QED) is 0.797. The molecule has 1 fully saturated rings. The van der Waals surface area contributed by atoms with E-state index in [-0.39, 0.29) is 11.6 Å². The van der Waals surface area contributed by atoms with Crippen molar-refractivity contribution in [3.05, 3.63) is 30.1 Å². The number of ether oxygens (including phenoxy) is 1. The van der Waals surface area contributed by atoms with Gasteiger partial charge in [-0.3, -0.25) is 0 Å². The molecule has 9 nitrogen and oxygen atoms in total. The number of nitrogens with one attached hydrogen (secondary N) is 1. The van der Waals surface area contributed by atoms with Gasteiger partial charge >= 0.3 is 0 Å². The van der Waals surface area contributed by atoms with Gasteiger partial charge in [0.05, 0.1) is 19.8 Å². The number of aromatic nitrogens is 4. The number of morpholine rings is 1. The maximum absolute atomic E-state index is 12.3. The second kappa shape index (κ2) is 6.83. The van der Waals surface area contributed by atoms with Gasteiger partial charge in [-0.25, -0.2) is 28.1 Å². The number of hydrogen-bond donors (Lipinski definition) is 1. The first-order valence-electron chi connectivity index (χ1n) is 7.60. The topological polar surface area (TPSA) is 102 Å². The number of rotatable bonds is 5. The summed E-state index contributed by atoms with van der Waals surface area (Å²) in [6, 6.07) is 1.81. The second-order valence-electron chi connectivity index (χ2n) is 5.49. The largest absolute Gasteiger partial charge is 0.378 e. The van der Waals surface area contributed by atoms with Crippen LogP contribution < -0.4 is 9.62 Å². The van der Waals surface area contributed by atoms with Crippen molar-refractivity contribution in [3.8, 4) is 0 Å². The normalized spacial score (nSPS) is 15.7. The Kier molecular flexibility index (Phi) is 4.78. The molecule has 10 heteroatoms. The van der Waals surface area contributed by atoms with Gasteiger partial charge in [0.1, 0.15) is 17.5 Å². The van der Waals surface area contributed by atoms with Crippen molar-refractivity contribution in [2.45, 2.75) is 18.5 Å². The molecule has 24 heavy (non-hydrogen) atoms. The Morgan fingerprint density at radius 3 is 2.71 bits per heavy atom. The molecule has 0 bridgehead atoms. The van der Waals surface area contributed by atoms with Crippen LogP contribution in [-0.2, 0) is 28.4 Å². The maximum atomic E-state index is 12.3. The van der Waals surface area contributed by atoms with Gasteiger partial charge in [0, 0.05) is 32.5 Å². The summed E-state index contributed by atoms with van der Waals surface area (Å²) < 4.78 is 34.0. The summed E-state index contributed by atoms with van der Waals surface area (Å²) in [6.45, 7) is 4.59. The van der Waals surface area contributed by atoms with Crippen molar-refractivity contribution in [1.82, 2.24) is 24.2 Å². The lowest BCUT2D eigenvalue weighted by Gasteiger charge is -2.27. The molecule has 2 aromatic rings. The SMILES string of the molecule is Cc1nc(S(=O)(=O)NCc2nccc(N3CCOCC3)n2)cn1C.